The van der Waals surface area contributed by atoms with Gasteiger partial charge in [0.2, 0.25) is 5.78 Å². The van der Waals surface area contributed by atoms with Crippen LogP contribution in [0.5, 0.6) is 0 Å². The van der Waals surface area contributed by atoms with Gasteiger partial charge in [0.25, 0.3) is 5.91 Å². The van der Waals surface area contributed by atoms with Crippen molar-refractivity contribution in [3.05, 3.63) is 58.6 Å². The van der Waals surface area contributed by atoms with Crippen LogP contribution in [0.2, 0.25) is 5.02 Å². The van der Waals surface area contributed by atoms with Crippen LogP contribution in [0.25, 0.3) is 11.1 Å². The highest BCUT2D eigenvalue weighted by Crippen LogP contribution is 2.47. The Morgan fingerprint density at radius 2 is 1.77 bits per heavy atom. The SMILES string of the molecule is O=C(O)CNC(=O)C1=C(O)C2(CCCCC2)n2ccc(-c3ccc(Cl)cc3)c2C1=O. The van der Waals surface area contributed by atoms with E-state index in [-0.39, 0.29) is 11.3 Å². The molecule has 0 bridgehead atoms. The molecule has 0 radical (unpaired) electrons. The molecule has 1 spiro atoms. The van der Waals surface area contributed by atoms with E-state index >= 15 is 0 Å². The zero-order valence-corrected chi connectivity index (χ0v) is 16.9. The molecule has 1 amide bonds. The second kappa shape index (κ2) is 7.65. The van der Waals surface area contributed by atoms with E-state index in [2.05, 4.69) is 5.32 Å². The molecule has 0 saturated heterocycles. The Kier molecular flexibility index (Phi) is 5.15. The highest BCUT2D eigenvalue weighted by molar-refractivity contribution is 6.30. The van der Waals surface area contributed by atoms with Crippen LogP contribution in [0.4, 0.5) is 0 Å². The summed E-state index contributed by atoms with van der Waals surface area (Å²) < 4.78 is 1.79. The van der Waals surface area contributed by atoms with Crippen LogP contribution < -0.4 is 5.32 Å². The van der Waals surface area contributed by atoms with Crippen molar-refractivity contribution < 1.29 is 24.6 Å². The van der Waals surface area contributed by atoms with Crippen molar-refractivity contribution in [2.24, 2.45) is 0 Å². The number of carbonyl (C=O) groups excluding carboxylic acids is 2. The summed E-state index contributed by atoms with van der Waals surface area (Å²) in [6.07, 6.45) is 5.65. The quantitative estimate of drug-likeness (QED) is 0.644. The molecule has 1 aliphatic carbocycles. The second-order valence-corrected chi connectivity index (χ2v) is 8.11. The maximum Gasteiger partial charge on any atom is 0.322 e. The minimum absolute atomic E-state index is 0.277. The maximum atomic E-state index is 13.4. The number of fused-ring (bicyclic) bond motifs is 2. The zero-order valence-electron chi connectivity index (χ0n) is 16.2. The van der Waals surface area contributed by atoms with Gasteiger partial charge in [-0.05, 0) is 36.6 Å². The molecule has 2 aliphatic rings. The van der Waals surface area contributed by atoms with E-state index in [0.29, 0.717) is 29.1 Å². The Hall–Kier alpha value is -3.06. The first-order valence-electron chi connectivity index (χ1n) is 9.81. The Bertz CT molecular complexity index is 1060. The van der Waals surface area contributed by atoms with Crippen molar-refractivity contribution in [1.29, 1.82) is 0 Å². The Morgan fingerprint density at radius 3 is 2.40 bits per heavy atom. The molecule has 156 valence electrons. The molecular formula is C22H21ClN2O5. The lowest BCUT2D eigenvalue weighted by atomic mass is 9.75. The van der Waals surface area contributed by atoms with Crippen LogP contribution in [0.15, 0.2) is 47.9 Å². The number of allylic oxidation sites excluding steroid dienone is 1. The van der Waals surface area contributed by atoms with Gasteiger partial charge in [-0.2, -0.15) is 0 Å². The van der Waals surface area contributed by atoms with Gasteiger partial charge in [0.15, 0.2) is 0 Å². The molecule has 2 aromatic rings. The van der Waals surface area contributed by atoms with Crippen molar-refractivity contribution in [3.63, 3.8) is 0 Å². The van der Waals surface area contributed by atoms with E-state index < -0.39 is 29.7 Å². The number of aliphatic hydroxyl groups excluding tert-OH is 1. The summed E-state index contributed by atoms with van der Waals surface area (Å²) in [4.78, 5) is 37.0. The fourth-order valence-corrected chi connectivity index (χ4v) is 4.65. The lowest BCUT2D eigenvalue weighted by Crippen LogP contribution is -2.47. The smallest absolute Gasteiger partial charge is 0.322 e. The lowest BCUT2D eigenvalue weighted by Gasteiger charge is -2.42. The summed E-state index contributed by atoms with van der Waals surface area (Å²) in [5.41, 5.74) is 0.455. The molecule has 4 rings (SSSR count). The first-order chi connectivity index (χ1) is 14.3. The lowest BCUT2D eigenvalue weighted by molar-refractivity contribution is -0.137. The number of rotatable bonds is 4. The van der Waals surface area contributed by atoms with E-state index in [0.717, 1.165) is 24.8 Å². The van der Waals surface area contributed by atoms with Crippen LogP contribution in [0.3, 0.4) is 0 Å². The molecule has 1 aromatic carbocycles. The van der Waals surface area contributed by atoms with Crippen LogP contribution in [-0.2, 0) is 15.1 Å². The molecule has 2 heterocycles. The van der Waals surface area contributed by atoms with Gasteiger partial charge in [0, 0.05) is 16.8 Å². The standard InChI is InChI=1S/C22H21ClN2O5/c23-14-6-4-13(5-7-14)15-8-11-25-18(15)19(28)17(21(30)24-12-16(26)27)20(29)22(25)9-2-1-3-10-22/h4-8,11,29H,1-3,9-10,12H2,(H,24,30)(H,26,27). The number of nitrogens with one attached hydrogen (secondary N) is 1. The summed E-state index contributed by atoms with van der Waals surface area (Å²) in [6.45, 7) is -0.638. The highest BCUT2D eigenvalue weighted by Gasteiger charge is 2.48. The van der Waals surface area contributed by atoms with E-state index in [4.69, 9.17) is 16.7 Å². The van der Waals surface area contributed by atoms with Gasteiger partial charge in [-0.25, -0.2) is 0 Å². The number of hydrogen-bond acceptors (Lipinski definition) is 4. The zero-order chi connectivity index (χ0) is 21.5. The normalized spacial score (nSPS) is 17.7. The Labute approximate surface area is 178 Å². The van der Waals surface area contributed by atoms with Gasteiger partial charge in [-0.15, -0.1) is 0 Å². The number of carboxylic acids is 1. The minimum atomic E-state index is -1.23. The third-order valence-corrected chi connectivity index (χ3v) is 6.18. The van der Waals surface area contributed by atoms with Crippen molar-refractivity contribution in [1.82, 2.24) is 9.88 Å². The minimum Gasteiger partial charge on any atom is -0.509 e. The molecule has 1 saturated carbocycles. The van der Waals surface area contributed by atoms with Gasteiger partial charge in [-0.1, -0.05) is 43.0 Å². The number of carbonyl (C=O) groups is 3. The topological polar surface area (TPSA) is 109 Å². The van der Waals surface area contributed by atoms with Crippen molar-refractivity contribution >= 4 is 29.3 Å². The molecule has 8 heteroatoms. The number of ketones is 1. The fraction of sp³-hybridized carbons (Fsp3) is 0.318. The largest absolute Gasteiger partial charge is 0.509 e. The number of amides is 1. The predicted molar refractivity (Wildman–Crippen MR) is 111 cm³/mol. The molecule has 3 N–H and O–H groups in total. The number of benzene rings is 1. The van der Waals surface area contributed by atoms with Crippen LogP contribution in [-0.4, -0.2) is 39.0 Å². The van der Waals surface area contributed by atoms with E-state index in [9.17, 15) is 19.5 Å². The molecule has 1 aliphatic heterocycles. The van der Waals surface area contributed by atoms with E-state index in [1.54, 1.807) is 41.1 Å². The summed E-state index contributed by atoms with van der Waals surface area (Å²) in [7, 11) is 0. The number of halogens is 1. The van der Waals surface area contributed by atoms with Crippen LogP contribution in [0, 0.1) is 0 Å². The second-order valence-electron chi connectivity index (χ2n) is 7.68. The number of hydrogen-bond donors (Lipinski definition) is 3. The van der Waals surface area contributed by atoms with Gasteiger partial charge >= 0.3 is 5.97 Å². The molecule has 1 aromatic heterocycles. The summed E-state index contributed by atoms with van der Waals surface area (Å²) in [6, 6.07) is 8.83. The third kappa shape index (κ3) is 3.19. The number of nitrogens with zero attached hydrogens (tertiary/aromatic N) is 1. The number of Topliss-reactive ketones (excluding diaryl/α,β-unsaturated/α-hetero) is 1. The van der Waals surface area contributed by atoms with Crippen LogP contribution >= 0.6 is 11.6 Å². The van der Waals surface area contributed by atoms with Gasteiger partial charge in [0.05, 0.1) is 5.69 Å². The number of aliphatic hydroxyl groups is 1. The molecular weight excluding hydrogens is 408 g/mol. The van der Waals surface area contributed by atoms with Gasteiger partial charge < -0.3 is 20.1 Å². The van der Waals surface area contributed by atoms with Crippen LogP contribution in [0.1, 0.15) is 42.6 Å². The maximum absolute atomic E-state index is 13.4. The molecule has 0 unspecified atom stereocenters. The van der Waals surface area contributed by atoms with Crippen molar-refractivity contribution in [2.75, 3.05) is 6.54 Å². The highest BCUT2D eigenvalue weighted by atomic mass is 35.5. The Morgan fingerprint density at radius 1 is 1.10 bits per heavy atom. The summed E-state index contributed by atoms with van der Waals surface area (Å²) >= 11 is 5.99. The van der Waals surface area contributed by atoms with Gasteiger partial charge in [-0.3, -0.25) is 14.4 Å². The average molecular weight is 429 g/mol. The molecule has 0 atom stereocenters. The monoisotopic (exact) mass is 428 g/mol. The van der Waals surface area contributed by atoms with Crippen molar-refractivity contribution in [3.8, 4) is 11.1 Å². The van der Waals surface area contributed by atoms with Gasteiger partial charge in [0.1, 0.15) is 23.4 Å². The predicted octanol–water partition coefficient (Wildman–Crippen LogP) is 3.68. The molecule has 1 fully saturated rings. The van der Waals surface area contributed by atoms with E-state index in [1.165, 1.54) is 0 Å². The number of aliphatic carboxylic acids is 1. The average Bonchev–Trinajstić information content (AvgIpc) is 3.18. The number of aromatic nitrogens is 1. The molecule has 30 heavy (non-hydrogen) atoms. The first kappa shape index (κ1) is 20.2. The number of carboxylic acid groups (broad SMARTS) is 1. The third-order valence-electron chi connectivity index (χ3n) is 5.93. The summed E-state index contributed by atoms with van der Waals surface area (Å²) in [5, 5.41) is 22.8. The van der Waals surface area contributed by atoms with E-state index in [1.807, 2.05) is 0 Å². The Balaban J connectivity index is 1.87. The summed E-state index contributed by atoms with van der Waals surface area (Å²) in [5.74, 6) is -3.01. The molecule has 7 nitrogen and oxygen atoms in total. The first-order valence-corrected chi connectivity index (χ1v) is 10.2. The van der Waals surface area contributed by atoms with Crippen molar-refractivity contribution in [2.45, 2.75) is 37.6 Å². The fourth-order valence-electron chi connectivity index (χ4n) is 4.53.